The second kappa shape index (κ2) is 5.48. The second-order valence-electron chi connectivity index (χ2n) is 7.44. The Morgan fingerprint density at radius 3 is 2.00 bits per heavy atom. The van der Waals surface area contributed by atoms with E-state index in [0.717, 1.165) is 12.2 Å². The molecule has 7 nitrogen and oxygen atoms in total. The predicted octanol–water partition coefficient (Wildman–Crippen LogP) is 2.46. The molecule has 2 atom stereocenters. The van der Waals surface area contributed by atoms with Crippen LogP contribution in [0.15, 0.2) is 24.3 Å². The van der Waals surface area contributed by atoms with E-state index in [-0.39, 0.29) is 44.9 Å². The molecule has 0 radical (unpaired) electrons. The van der Waals surface area contributed by atoms with Crippen molar-refractivity contribution in [2.75, 3.05) is 0 Å². The minimum Gasteiger partial charge on any atom is -0.507 e. The third-order valence-corrected chi connectivity index (χ3v) is 5.65. The van der Waals surface area contributed by atoms with Gasteiger partial charge in [-0.25, -0.2) is 0 Å². The van der Waals surface area contributed by atoms with Gasteiger partial charge in [0.15, 0.2) is 35.3 Å². The van der Waals surface area contributed by atoms with Crippen molar-refractivity contribution < 1.29 is 34.1 Å². The number of hydrogen-bond acceptors (Lipinski definition) is 7. The van der Waals surface area contributed by atoms with Gasteiger partial charge in [-0.2, -0.15) is 0 Å². The van der Waals surface area contributed by atoms with E-state index in [1.807, 2.05) is 0 Å². The van der Waals surface area contributed by atoms with Gasteiger partial charge in [-0.3, -0.25) is 19.2 Å². The number of benzene rings is 2. The van der Waals surface area contributed by atoms with E-state index in [4.69, 9.17) is 4.74 Å². The van der Waals surface area contributed by atoms with E-state index in [1.165, 1.54) is 12.1 Å². The Labute approximate surface area is 164 Å². The number of hydrogen-bond donors (Lipinski definition) is 2. The fourth-order valence-electron chi connectivity index (χ4n) is 4.30. The number of ketones is 4. The number of phenols is 2. The van der Waals surface area contributed by atoms with E-state index in [9.17, 15) is 29.4 Å². The summed E-state index contributed by atoms with van der Waals surface area (Å²) in [5.41, 5.74) is 1.07. The van der Waals surface area contributed by atoms with Crippen LogP contribution in [0.3, 0.4) is 0 Å². The smallest absolute Gasteiger partial charge is 0.199 e. The first-order valence-corrected chi connectivity index (χ1v) is 8.96. The average Bonchev–Trinajstić information content (AvgIpc) is 3.45. The van der Waals surface area contributed by atoms with E-state index < -0.39 is 35.3 Å². The van der Waals surface area contributed by atoms with Crippen molar-refractivity contribution in [3.8, 4) is 22.6 Å². The van der Waals surface area contributed by atoms with Crippen LogP contribution in [0, 0.1) is 13.8 Å². The van der Waals surface area contributed by atoms with E-state index >= 15 is 0 Å². The zero-order chi connectivity index (χ0) is 20.8. The Kier molecular flexibility index (Phi) is 3.31. The Morgan fingerprint density at radius 1 is 0.724 bits per heavy atom. The Morgan fingerprint density at radius 2 is 1.31 bits per heavy atom. The van der Waals surface area contributed by atoms with Gasteiger partial charge in [0.1, 0.15) is 11.5 Å². The minimum atomic E-state index is -0.891. The number of carbonyl (C=O) groups is 4. The highest BCUT2D eigenvalue weighted by Crippen LogP contribution is 2.48. The molecule has 29 heavy (non-hydrogen) atoms. The molecule has 2 N–H and O–H groups in total. The van der Waals surface area contributed by atoms with Crippen molar-refractivity contribution in [3.05, 3.63) is 57.7 Å². The summed E-state index contributed by atoms with van der Waals surface area (Å²) < 4.78 is 5.14. The SMILES string of the molecule is Cc1cc2c(c(O)c1-c1c(C)cc(O)c3c1C(=O)C=CC3=O)C(=O)[C@H]1O[C@H]1C2=O. The van der Waals surface area contributed by atoms with Gasteiger partial charge < -0.3 is 14.9 Å². The first-order valence-electron chi connectivity index (χ1n) is 8.96. The molecule has 1 heterocycles. The molecular weight excluding hydrogens is 376 g/mol. The molecule has 2 aliphatic carbocycles. The third-order valence-electron chi connectivity index (χ3n) is 5.65. The third kappa shape index (κ3) is 2.16. The first kappa shape index (κ1) is 17.5. The largest absolute Gasteiger partial charge is 0.507 e. The zero-order valence-corrected chi connectivity index (χ0v) is 15.4. The maximum atomic E-state index is 12.7. The maximum absolute atomic E-state index is 12.7. The fourth-order valence-corrected chi connectivity index (χ4v) is 4.30. The van der Waals surface area contributed by atoms with Crippen LogP contribution in [0.1, 0.15) is 52.6 Å². The molecule has 0 spiro atoms. The molecule has 7 heteroatoms. The first-order chi connectivity index (χ1) is 13.7. The fraction of sp³-hybridized carbons (Fsp3) is 0.182. The average molecular weight is 390 g/mol. The van der Waals surface area contributed by atoms with Crippen LogP contribution in [0.5, 0.6) is 11.5 Å². The van der Waals surface area contributed by atoms with Crippen molar-refractivity contribution in [2.45, 2.75) is 26.1 Å². The summed E-state index contributed by atoms with van der Waals surface area (Å²) in [6.45, 7) is 3.26. The van der Waals surface area contributed by atoms with Gasteiger partial charge in [-0.1, -0.05) is 0 Å². The number of fused-ring (bicyclic) bond motifs is 3. The molecule has 1 fully saturated rings. The summed E-state index contributed by atoms with van der Waals surface area (Å²) in [4.78, 5) is 50.1. The highest BCUT2D eigenvalue weighted by atomic mass is 16.6. The Bertz CT molecular complexity index is 1250. The molecule has 3 aliphatic rings. The van der Waals surface area contributed by atoms with Crippen LogP contribution in [-0.4, -0.2) is 45.6 Å². The van der Waals surface area contributed by atoms with Crippen LogP contribution < -0.4 is 0 Å². The lowest BCUT2D eigenvalue weighted by molar-refractivity contribution is 0.0919. The molecule has 0 amide bonds. The summed E-state index contributed by atoms with van der Waals surface area (Å²) in [7, 11) is 0. The van der Waals surface area contributed by atoms with Crippen molar-refractivity contribution in [1.82, 2.24) is 0 Å². The van der Waals surface area contributed by atoms with E-state index in [1.54, 1.807) is 13.8 Å². The van der Waals surface area contributed by atoms with Gasteiger partial charge in [0, 0.05) is 22.3 Å². The number of aryl methyl sites for hydroxylation is 2. The van der Waals surface area contributed by atoms with Crippen molar-refractivity contribution >= 4 is 23.1 Å². The Hall–Kier alpha value is -3.58. The van der Waals surface area contributed by atoms with Gasteiger partial charge in [0.05, 0.1) is 11.1 Å². The van der Waals surface area contributed by atoms with E-state index in [2.05, 4.69) is 0 Å². The van der Waals surface area contributed by atoms with Gasteiger partial charge in [0.25, 0.3) is 0 Å². The summed E-state index contributed by atoms with van der Waals surface area (Å²) >= 11 is 0. The summed E-state index contributed by atoms with van der Waals surface area (Å²) in [6.07, 6.45) is 0.495. The second-order valence-corrected chi connectivity index (χ2v) is 7.44. The predicted molar refractivity (Wildman–Crippen MR) is 99.8 cm³/mol. The van der Waals surface area contributed by atoms with Crippen LogP contribution in [-0.2, 0) is 4.74 Å². The molecule has 1 aliphatic heterocycles. The molecule has 0 unspecified atom stereocenters. The van der Waals surface area contributed by atoms with Crippen molar-refractivity contribution in [2.24, 2.45) is 0 Å². The van der Waals surface area contributed by atoms with Crippen molar-refractivity contribution in [1.29, 1.82) is 0 Å². The van der Waals surface area contributed by atoms with Gasteiger partial charge in [-0.05, 0) is 49.3 Å². The molecule has 0 aromatic heterocycles. The molecule has 0 bridgehead atoms. The topological polar surface area (TPSA) is 121 Å². The monoisotopic (exact) mass is 390 g/mol. The number of aromatic hydroxyl groups is 2. The number of ether oxygens (including phenoxy) is 1. The quantitative estimate of drug-likeness (QED) is 0.718. The lowest BCUT2D eigenvalue weighted by Gasteiger charge is -2.23. The molecule has 2 aromatic carbocycles. The van der Waals surface area contributed by atoms with Gasteiger partial charge in [0.2, 0.25) is 0 Å². The number of Topliss-reactive ketones (excluding diaryl/α,β-unsaturated/α-hetero) is 2. The number of allylic oxidation sites excluding steroid dienone is 2. The van der Waals surface area contributed by atoms with Crippen LogP contribution in [0.2, 0.25) is 0 Å². The molecular formula is C22H14O7. The zero-order valence-electron chi connectivity index (χ0n) is 15.4. The summed E-state index contributed by atoms with van der Waals surface area (Å²) in [6, 6.07) is 2.83. The standard InChI is InChI=1S/C22H14O7/c1-7-5-9-15(20(28)22-21(29-22)18(9)26)19(27)14(7)13-8(2)6-12(25)16-10(23)3-4-11(24)17(13)16/h3-6,21-22,25,27H,1-2H3/t21-,22+/m0/s1. The summed E-state index contributed by atoms with van der Waals surface area (Å²) in [5.74, 6) is -2.66. The van der Waals surface area contributed by atoms with E-state index in [0.29, 0.717) is 11.1 Å². The Balaban J connectivity index is 1.87. The van der Waals surface area contributed by atoms with Gasteiger partial charge in [-0.15, -0.1) is 0 Å². The number of phenolic OH excluding ortho intramolecular Hbond substituents is 2. The van der Waals surface area contributed by atoms with Crippen LogP contribution in [0.4, 0.5) is 0 Å². The molecule has 144 valence electrons. The highest BCUT2D eigenvalue weighted by Gasteiger charge is 2.56. The number of rotatable bonds is 1. The van der Waals surface area contributed by atoms with Crippen LogP contribution in [0.25, 0.3) is 11.1 Å². The molecule has 2 aromatic rings. The summed E-state index contributed by atoms with van der Waals surface area (Å²) in [5, 5.41) is 21.3. The van der Waals surface area contributed by atoms with Crippen molar-refractivity contribution in [3.63, 3.8) is 0 Å². The molecule has 1 saturated heterocycles. The van der Waals surface area contributed by atoms with Gasteiger partial charge >= 0.3 is 0 Å². The number of carbonyl (C=O) groups excluding carboxylic acids is 4. The molecule has 5 rings (SSSR count). The highest BCUT2D eigenvalue weighted by molar-refractivity contribution is 6.27. The lowest BCUT2D eigenvalue weighted by atomic mass is 9.79. The number of epoxide rings is 1. The maximum Gasteiger partial charge on any atom is 0.199 e. The minimum absolute atomic E-state index is 0.0384. The molecule has 0 saturated carbocycles. The van der Waals surface area contributed by atoms with Crippen LogP contribution >= 0.6 is 0 Å². The lowest BCUT2D eigenvalue weighted by Crippen LogP contribution is -2.26. The normalized spacial score (nSPS) is 21.7.